The van der Waals surface area contributed by atoms with Crippen LogP contribution in [0.1, 0.15) is 36.7 Å². The number of benzene rings is 1. The maximum atomic E-state index is 12.0. The second-order valence-electron chi connectivity index (χ2n) is 4.75. The summed E-state index contributed by atoms with van der Waals surface area (Å²) in [5, 5.41) is 3.25. The van der Waals surface area contributed by atoms with Gasteiger partial charge in [-0.15, -0.1) is 0 Å². The van der Waals surface area contributed by atoms with E-state index in [2.05, 4.69) is 19.2 Å². The highest BCUT2D eigenvalue weighted by molar-refractivity contribution is 5.99. The molecule has 0 heterocycles. The molecular formula is C14H21NO. The second-order valence-corrected chi connectivity index (χ2v) is 4.75. The summed E-state index contributed by atoms with van der Waals surface area (Å²) >= 11 is 0. The summed E-state index contributed by atoms with van der Waals surface area (Å²) in [7, 11) is 0. The van der Waals surface area contributed by atoms with Gasteiger partial charge in [0.1, 0.15) is 0 Å². The van der Waals surface area contributed by atoms with Crippen molar-refractivity contribution in [3.8, 4) is 0 Å². The standard InChI is InChI=1S/C14H21NO/c1-10(2)9-15-12(4)14(16)13-7-5-11(3)6-8-13/h5-8,10,12,15H,9H2,1-4H3. The Hall–Kier alpha value is -1.15. The minimum absolute atomic E-state index is 0.106. The van der Waals surface area contributed by atoms with E-state index in [4.69, 9.17) is 0 Å². The van der Waals surface area contributed by atoms with E-state index in [0.717, 1.165) is 12.1 Å². The van der Waals surface area contributed by atoms with Gasteiger partial charge in [0.15, 0.2) is 5.78 Å². The number of rotatable bonds is 5. The first kappa shape index (κ1) is 12.9. The number of nitrogens with one attached hydrogen (secondary N) is 1. The molecule has 1 aromatic carbocycles. The van der Waals surface area contributed by atoms with E-state index in [0.29, 0.717) is 5.92 Å². The van der Waals surface area contributed by atoms with Crippen molar-refractivity contribution in [2.75, 3.05) is 6.54 Å². The van der Waals surface area contributed by atoms with Crippen LogP contribution in [0.4, 0.5) is 0 Å². The first-order valence-electron chi connectivity index (χ1n) is 5.85. The summed E-state index contributed by atoms with van der Waals surface area (Å²) in [6.07, 6.45) is 0. The van der Waals surface area contributed by atoms with Gasteiger partial charge in [0.05, 0.1) is 6.04 Å². The van der Waals surface area contributed by atoms with Gasteiger partial charge in [0, 0.05) is 5.56 Å². The molecule has 0 spiro atoms. The van der Waals surface area contributed by atoms with Gasteiger partial charge in [-0.05, 0) is 26.3 Å². The minimum Gasteiger partial charge on any atom is -0.307 e. The Bertz CT molecular complexity index is 340. The Kier molecular flexibility index (Phi) is 4.69. The zero-order valence-corrected chi connectivity index (χ0v) is 10.6. The molecule has 1 N–H and O–H groups in total. The molecule has 0 amide bonds. The first-order valence-corrected chi connectivity index (χ1v) is 5.85. The Balaban J connectivity index is 2.60. The van der Waals surface area contributed by atoms with Gasteiger partial charge < -0.3 is 5.32 Å². The normalized spacial score (nSPS) is 12.8. The molecule has 1 aromatic rings. The molecule has 1 rings (SSSR count). The molecule has 16 heavy (non-hydrogen) atoms. The van der Waals surface area contributed by atoms with Crippen LogP contribution in [0.2, 0.25) is 0 Å². The fourth-order valence-electron chi connectivity index (χ4n) is 1.47. The van der Waals surface area contributed by atoms with Gasteiger partial charge in [-0.2, -0.15) is 0 Å². The molecule has 0 aliphatic carbocycles. The van der Waals surface area contributed by atoms with Gasteiger partial charge in [0.2, 0.25) is 0 Å². The highest BCUT2D eigenvalue weighted by atomic mass is 16.1. The third-order valence-corrected chi connectivity index (χ3v) is 2.56. The molecule has 0 aliphatic rings. The Morgan fingerprint density at radius 1 is 1.19 bits per heavy atom. The Labute approximate surface area is 98.1 Å². The predicted molar refractivity (Wildman–Crippen MR) is 67.8 cm³/mol. The summed E-state index contributed by atoms with van der Waals surface area (Å²) in [5.74, 6) is 0.730. The molecule has 0 bridgehead atoms. The molecule has 0 radical (unpaired) electrons. The number of carbonyl (C=O) groups is 1. The second kappa shape index (κ2) is 5.80. The lowest BCUT2D eigenvalue weighted by molar-refractivity contribution is 0.0949. The maximum absolute atomic E-state index is 12.0. The van der Waals surface area contributed by atoms with Crippen molar-refractivity contribution in [2.24, 2.45) is 5.92 Å². The van der Waals surface area contributed by atoms with Crippen LogP contribution >= 0.6 is 0 Å². The zero-order chi connectivity index (χ0) is 12.1. The molecular weight excluding hydrogens is 198 g/mol. The number of hydrogen-bond acceptors (Lipinski definition) is 2. The lowest BCUT2D eigenvalue weighted by atomic mass is 10.0. The third kappa shape index (κ3) is 3.78. The lowest BCUT2D eigenvalue weighted by Crippen LogP contribution is -2.36. The minimum atomic E-state index is -0.106. The molecule has 0 fully saturated rings. The average Bonchev–Trinajstić information content (AvgIpc) is 2.26. The number of ketones is 1. The van der Waals surface area contributed by atoms with Crippen LogP contribution in [0, 0.1) is 12.8 Å². The van der Waals surface area contributed by atoms with Crippen molar-refractivity contribution in [2.45, 2.75) is 33.7 Å². The van der Waals surface area contributed by atoms with E-state index in [1.807, 2.05) is 38.1 Å². The molecule has 0 saturated heterocycles. The molecule has 0 aliphatic heterocycles. The van der Waals surface area contributed by atoms with E-state index in [1.165, 1.54) is 5.56 Å². The molecule has 2 heteroatoms. The maximum Gasteiger partial charge on any atom is 0.179 e. The van der Waals surface area contributed by atoms with E-state index in [9.17, 15) is 4.79 Å². The van der Waals surface area contributed by atoms with Crippen LogP contribution in [0.15, 0.2) is 24.3 Å². The van der Waals surface area contributed by atoms with Crippen LogP contribution < -0.4 is 5.32 Å². The van der Waals surface area contributed by atoms with Gasteiger partial charge in [-0.25, -0.2) is 0 Å². The van der Waals surface area contributed by atoms with Gasteiger partial charge >= 0.3 is 0 Å². The highest BCUT2D eigenvalue weighted by Gasteiger charge is 2.14. The van der Waals surface area contributed by atoms with Gasteiger partial charge in [0.25, 0.3) is 0 Å². The van der Waals surface area contributed by atoms with Crippen LogP contribution in [0.5, 0.6) is 0 Å². The topological polar surface area (TPSA) is 29.1 Å². The fourth-order valence-corrected chi connectivity index (χ4v) is 1.47. The largest absolute Gasteiger partial charge is 0.307 e. The van der Waals surface area contributed by atoms with Crippen LogP contribution in [0.25, 0.3) is 0 Å². The summed E-state index contributed by atoms with van der Waals surface area (Å²) in [6, 6.07) is 7.63. The van der Waals surface area contributed by atoms with E-state index < -0.39 is 0 Å². The number of aryl methyl sites for hydroxylation is 1. The van der Waals surface area contributed by atoms with Crippen molar-refractivity contribution >= 4 is 5.78 Å². The summed E-state index contributed by atoms with van der Waals surface area (Å²) in [6.45, 7) is 9.09. The summed E-state index contributed by atoms with van der Waals surface area (Å²) in [4.78, 5) is 12.0. The molecule has 1 atom stereocenters. The molecule has 88 valence electrons. The molecule has 0 aromatic heterocycles. The summed E-state index contributed by atoms with van der Waals surface area (Å²) in [5.41, 5.74) is 1.97. The van der Waals surface area contributed by atoms with Crippen molar-refractivity contribution in [3.63, 3.8) is 0 Å². The van der Waals surface area contributed by atoms with E-state index in [-0.39, 0.29) is 11.8 Å². The monoisotopic (exact) mass is 219 g/mol. The number of Topliss-reactive ketones (excluding diaryl/α,β-unsaturated/α-hetero) is 1. The van der Waals surface area contributed by atoms with Gasteiger partial charge in [-0.3, -0.25) is 4.79 Å². The average molecular weight is 219 g/mol. The third-order valence-electron chi connectivity index (χ3n) is 2.56. The smallest absolute Gasteiger partial charge is 0.179 e. The predicted octanol–water partition coefficient (Wildman–Crippen LogP) is 2.81. The fraction of sp³-hybridized carbons (Fsp3) is 0.500. The summed E-state index contributed by atoms with van der Waals surface area (Å²) < 4.78 is 0. The number of hydrogen-bond donors (Lipinski definition) is 1. The van der Waals surface area contributed by atoms with Crippen molar-refractivity contribution in [1.82, 2.24) is 5.32 Å². The van der Waals surface area contributed by atoms with Crippen LogP contribution in [-0.2, 0) is 0 Å². The quantitative estimate of drug-likeness (QED) is 0.772. The molecule has 2 nitrogen and oxygen atoms in total. The van der Waals surface area contributed by atoms with Crippen molar-refractivity contribution in [1.29, 1.82) is 0 Å². The molecule has 1 unspecified atom stereocenters. The first-order chi connectivity index (χ1) is 7.50. The Morgan fingerprint density at radius 2 is 1.75 bits per heavy atom. The Morgan fingerprint density at radius 3 is 2.25 bits per heavy atom. The van der Waals surface area contributed by atoms with Crippen molar-refractivity contribution in [3.05, 3.63) is 35.4 Å². The zero-order valence-electron chi connectivity index (χ0n) is 10.6. The van der Waals surface area contributed by atoms with E-state index in [1.54, 1.807) is 0 Å². The van der Waals surface area contributed by atoms with Crippen LogP contribution in [0.3, 0.4) is 0 Å². The lowest BCUT2D eigenvalue weighted by Gasteiger charge is -2.14. The molecule has 0 saturated carbocycles. The van der Waals surface area contributed by atoms with Crippen LogP contribution in [-0.4, -0.2) is 18.4 Å². The highest BCUT2D eigenvalue weighted by Crippen LogP contribution is 2.06. The van der Waals surface area contributed by atoms with Crippen molar-refractivity contribution < 1.29 is 4.79 Å². The van der Waals surface area contributed by atoms with Gasteiger partial charge in [-0.1, -0.05) is 43.7 Å². The van der Waals surface area contributed by atoms with E-state index >= 15 is 0 Å². The number of carbonyl (C=O) groups excluding carboxylic acids is 1. The SMILES string of the molecule is Cc1ccc(C(=O)C(C)NCC(C)C)cc1.